The zero-order valence-electron chi connectivity index (χ0n) is 12.2. The molecule has 126 valence electrons. The van der Waals surface area contributed by atoms with Crippen molar-refractivity contribution in [3.05, 3.63) is 23.8 Å². The van der Waals surface area contributed by atoms with Crippen LogP contribution in [-0.4, -0.2) is 61.4 Å². The summed E-state index contributed by atoms with van der Waals surface area (Å²) < 4.78 is 39.1. The molecule has 1 amide bonds. The zero-order chi connectivity index (χ0) is 17.0. The van der Waals surface area contributed by atoms with Crippen LogP contribution in [0.3, 0.4) is 0 Å². The van der Waals surface area contributed by atoms with E-state index in [0.717, 1.165) is 6.07 Å². The first-order chi connectivity index (χ1) is 10.9. The number of morpholine rings is 1. The standard InChI is InChI=1S/C14H15F2NO6/c1-21-9-3-2-8(6-10(9)23-14(15)16)12(18)17-4-5-22-11(7-17)13(19)20/h2-3,6,11,14H,4-5,7H2,1H3,(H,19,20). The highest BCUT2D eigenvalue weighted by molar-refractivity contribution is 5.95. The average molecular weight is 331 g/mol. The number of hydrogen-bond donors (Lipinski definition) is 1. The molecule has 9 heteroatoms. The summed E-state index contributed by atoms with van der Waals surface area (Å²) in [5.41, 5.74) is 0.0903. The van der Waals surface area contributed by atoms with Crippen molar-refractivity contribution in [1.29, 1.82) is 0 Å². The van der Waals surface area contributed by atoms with Gasteiger partial charge in [0.15, 0.2) is 17.6 Å². The van der Waals surface area contributed by atoms with Crippen molar-refractivity contribution in [2.24, 2.45) is 0 Å². The molecule has 1 aliphatic rings. The Kier molecular flexibility index (Phi) is 5.32. The summed E-state index contributed by atoms with van der Waals surface area (Å²) in [6.07, 6.45) is -1.11. The van der Waals surface area contributed by atoms with Gasteiger partial charge in [0.2, 0.25) is 0 Å². The maximum absolute atomic E-state index is 12.4. The predicted molar refractivity (Wildman–Crippen MR) is 72.9 cm³/mol. The second-order valence-electron chi connectivity index (χ2n) is 4.69. The molecule has 0 spiro atoms. The number of nitrogens with zero attached hydrogens (tertiary/aromatic N) is 1. The van der Waals surface area contributed by atoms with Gasteiger partial charge in [0.25, 0.3) is 5.91 Å². The molecule has 1 aromatic carbocycles. The number of carbonyl (C=O) groups is 2. The summed E-state index contributed by atoms with van der Waals surface area (Å²) in [4.78, 5) is 24.6. The molecule has 23 heavy (non-hydrogen) atoms. The second kappa shape index (κ2) is 7.23. The number of rotatable bonds is 5. The van der Waals surface area contributed by atoms with Crippen LogP contribution < -0.4 is 9.47 Å². The number of benzene rings is 1. The fourth-order valence-corrected chi connectivity index (χ4v) is 2.16. The van der Waals surface area contributed by atoms with Crippen LogP contribution in [-0.2, 0) is 9.53 Å². The van der Waals surface area contributed by atoms with Crippen molar-refractivity contribution in [3.8, 4) is 11.5 Å². The van der Waals surface area contributed by atoms with Gasteiger partial charge >= 0.3 is 12.6 Å². The lowest BCUT2D eigenvalue weighted by Gasteiger charge is -2.31. The number of ether oxygens (including phenoxy) is 3. The van der Waals surface area contributed by atoms with E-state index in [2.05, 4.69) is 4.74 Å². The Morgan fingerprint density at radius 2 is 2.13 bits per heavy atom. The summed E-state index contributed by atoms with van der Waals surface area (Å²) in [7, 11) is 1.29. The number of carboxylic acids is 1. The molecule has 0 aromatic heterocycles. The number of alkyl halides is 2. The van der Waals surface area contributed by atoms with Crippen LogP contribution in [0.2, 0.25) is 0 Å². The van der Waals surface area contributed by atoms with Gasteiger partial charge in [0.1, 0.15) is 0 Å². The molecular formula is C14H15F2NO6. The van der Waals surface area contributed by atoms with E-state index >= 15 is 0 Å². The van der Waals surface area contributed by atoms with Crippen molar-refractivity contribution in [2.45, 2.75) is 12.7 Å². The molecule has 1 N–H and O–H groups in total. The lowest BCUT2D eigenvalue weighted by molar-refractivity contribution is -0.154. The van der Waals surface area contributed by atoms with Gasteiger partial charge in [-0.3, -0.25) is 4.79 Å². The van der Waals surface area contributed by atoms with E-state index < -0.39 is 24.6 Å². The maximum atomic E-state index is 12.4. The van der Waals surface area contributed by atoms with E-state index in [-0.39, 0.29) is 36.8 Å². The number of aliphatic carboxylic acids is 1. The molecule has 0 bridgehead atoms. The second-order valence-corrected chi connectivity index (χ2v) is 4.69. The number of carbonyl (C=O) groups excluding carboxylic acids is 1. The number of amides is 1. The normalized spacial score (nSPS) is 17.9. The fourth-order valence-electron chi connectivity index (χ4n) is 2.16. The Morgan fingerprint density at radius 1 is 1.39 bits per heavy atom. The SMILES string of the molecule is COc1ccc(C(=O)N2CCOC(C(=O)O)C2)cc1OC(F)F. The minimum Gasteiger partial charge on any atom is -0.493 e. The van der Waals surface area contributed by atoms with Crippen molar-refractivity contribution < 1.29 is 37.7 Å². The Morgan fingerprint density at radius 3 is 2.74 bits per heavy atom. The lowest BCUT2D eigenvalue weighted by Crippen LogP contribution is -2.48. The van der Waals surface area contributed by atoms with E-state index in [4.69, 9.17) is 14.6 Å². The highest BCUT2D eigenvalue weighted by Gasteiger charge is 2.30. The number of carboxylic acid groups (broad SMARTS) is 1. The minimum atomic E-state index is -3.06. The van der Waals surface area contributed by atoms with Gasteiger partial charge in [-0.25, -0.2) is 4.79 Å². The molecular weight excluding hydrogens is 316 g/mol. The average Bonchev–Trinajstić information content (AvgIpc) is 2.53. The smallest absolute Gasteiger partial charge is 0.387 e. The summed E-state index contributed by atoms with van der Waals surface area (Å²) >= 11 is 0. The number of halogens is 2. The summed E-state index contributed by atoms with van der Waals surface area (Å²) in [6, 6.07) is 3.86. The lowest BCUT2D eigenvalue weighted by atomic mass is 10.1. The minimum absolute atomic E-state index is 0.0623. The third-order valence-corrected chi connectivity index (χ3v) is 3.26. The van der Waals surface area contributed by atoms with Crippen molar-refractivity contribution in [1.82, 2.24) is 4.90 Å². The first kappa shape index (κ1) is 16.9. The fraction of sp³-hybridized carbons (Fsp3) is 0.429. The Labute approximate surface area is 130 Å². The molecule has 0 aliphatic carbocycles. The Balaban J connectivity index is 2.20. The van der Waals surface area contributed by atoms with E-state index in [1.54, 1.807) is 0 Å². The first-order valence-electron chi connectivity index (χ1n) is 6.69. The van der Waals surface area contributed by atoms with Crippen LogP contribution in [0.1, 0.15) is 10.4 Å². The monoisotopic (exact) mass is 331 g/mol. The van der Waals surface area contributed by atoms with Crippen LogP contribution in [0, 0.1) is 0 Å². The van der Waals surface area contributed by atoms with Gasteiger partial charge in [-0.1, -0.05) is 0 Å². The molecule has 0 radical (unpaired) electrons. The molecule has 0 saturated carbocycles. The quantitative estimate of drug-likeness (QED) is 0.873. The molecule has 1 unspecified atom stereocenters. The number of hydrogen-bond acceptors (Lipinski definition) is 5. The summed E-state index contributed by atoms with van der Waals surface area (Å²) in [5.74, 6) is -1.87. The van der Waals surface area contributed by atoms with Gasteiger partial charge in [0, 0.05) is 12.1 Å². The van der Waals surface area contributed by atoms with Crippen molar-refractivity contribution in [3.63, 3.8) is 0 Å². The molecule has 1 aromatic rings. The van der Waals surface area contributed by atoms with Gasteiger partial charge in [-0.05, 0) is 18.2 Å². The molecule has 1 atom stereocenters. The zero-order valence-corrected chi connectivity index (χ0v) is 12.2. The Bertz CT molecular complexity index is 595. The van der Waals surface area contributed by atoms with Crippen LogP contribution in [0.15, 0.2) is 18.2 Å². The van der Waals surface area contributed by atoms with Crippen LogP contribution in [0.5, 0.6) is 11.5 Å². The maximum Gasteiger partial charge on any atom is 0.387 e. The van der Waals surface area contributed by atoms with E-state index in [1.165, 1.54) is 24.1 Å². The van der Waals surface area contributed by atoms with Crippen molar-refractivity contribution in [2.75, 3.05) is 26.8 Å². The largest absolute Gasteiger partial charge is 0.493 e. The van der Waals surface area contributed by atoms with E-state index in [0.29, 0.717) is 0 Å². The highest BCUT2D eigenvalue weighted by Crippen LogP contribution is 2.30. The highest BCUT2D eigenvalue weighted by atomic mass is 19.3. The molecule has 2 rings (SSSR count). The molecule has 1 fully saturated rings. The van der Waals surface area contributed by atoms with Gasteiger partial charge in [0.05, 0.1) is 20.3 Å². The van der Waals surface area contributed by atoms with Crippen LogP contribution in [0.4, 0.5) is 8.78 Å². The van der Waals surface area contributed by atoms with Gasteiger partial charge in [-0.15, -0.1) is 0 Å². The van der Waals surface area contributed by atoms with Gasteiger partial charge < -0.3 is 24.2 Å². The van der Waals surface area contributed by atoms with E-state index in [9.17, 15) is 18.4 Å². The third kappa shape index (κ3) is 4.07. The molecule has 1 aliphatic heterocycles. The summed E-state index contributed by atoms with van der Waals surface area (Å²) in [5, 5.41) is 8.94. The third-order valence-electron chi connectivity index (χ3n) is 3.26. The topological polar surface area (TPSA) is 85.3 Å². The van der Waals surface area contributed by atoms with E-state index in [1.807, 2.05) is 0 Å². The van der Waals surface area contributed by atoms with Crippen LogP contribution in [0.25, 0.3) is 0 Å². The van der Waals surface area contributed by atoms with Gasteiger partial charge in [-0.2, -0.15) is 8.78 Å². The molecule has 1 saturated heterocycles. The first-order valence-corrected chi connectivity index (χ1v) is 6.69. The molecule has 7 nitrogen and oxygen atoms in total. The Hall–Kier alpha value is -2.42. The summed E-state index contributed by atoms with van der Waals surface area (Å²) in [6.45, 7) is -2.89. The van der Waals surface area contributed by atoms with Crippen LogP contribution >= 0.6 is 0 Å². The predicted octanol–water partition coefficient (Wildman–Crippen LogP) is 1.22. The molecule has 1 heterocycles. The number of methoxy groups -OCH3 is 1. The van der Waals surface area contributed by atoms with Crippen molar-refractivity contribution >= 4 is 11.9 Å².